The third-order valence-corrected chi connectivity index (χ3v) is 25.6. The summed E-state index contributed by atoms with van der Waals surface area (Å²) in [4.78, 5) is 269. The monoisotopic (exact) mass is 1920 g/mol. The van der Waals surface area contributed by atoms with Crippen LogP contribution < -0.4 is 70.0 Å². The molecule has 744 valence electrons. The minimum atomic E-state index is -1.90. The van der Waals surface area contributed by atoms with Gasteiger partial charge in [0.15, 0.2) is 5.96 Å². The van der Waals surface area contributed by atoms with Gasteiger partial charge in [-0.25, -0.2) is 4.98 Å². The lowest BCUT2D eigenvalue weighted by Gasteiger charge is -2.36. The van der Waals surface area contributed by atoms with Crippen molar-refractivity contribution in [2.24, 2.45) is 17.4 Å². The zero-order valence-electron chi connectivity index (χ0n) is 78.1. The van der Waals surface area contributed by atoms with E-state index < -0.39 is 248 Å². The third kappa shape index (κ3) is 30.1. The lowest BCUT2D eigenvalue weighted by molar-refractivity contribution is -0.149. The molecule has 3 saturated heterocycles. The molecule has 3 aromatic carbocycles. The van der Waals surface area contributed by atoms with Crippen molar-refractivity contribution in [3.8, 4) is 5.75 Å². The van der Waals surface area contributed by atoms with Gasteiger partial charge in [0.1, 0.15) is 90.3 Å². The summed E-state index contributed by atoms with van der Waals surface area (Å²) >= 11 is 0.758. The number of para-hydroxylation sites is 2. The van der Waals surface area contributed by atoms with Crippen molar-refractivity contribution in [2.45, 2.75) is 241 Å². The van der Waals surface area contributed by atoms with Crippen LogP contribution in [0.25, 0.3) is 21.8 Å². The van der Waals surface area contributed by atoms with E-state index in [0.29, 0.717) is 69.9 Å². The second kappa shape index (κ2) is 51.3. The molecule has 0 bridgehead atoms. The summed E-state index contributed by atoms with van der Waals surface area (Å²) in [6.07, 6.45) is 3.18. The number of aromatic nitrogens is 4. The molecule has 0 spiro atoms. The van der Waals surface area contributed by atoms with Crippen molar-refractivity contribution in [1.82, 2.24) is 103 Å². The number of rotatable bonds is 27. The second-order valence-corrected chi connectivity index (χ2v) is 36.3. The molecule has 45 heteroatoms. The Hall–Kier alpha value is -13.7. The maximum atomic E-state index is 15.8. The number of hydrogen-bond donors (Lipinski definition) is 21. The number of guanidine groups is 1. The Bertz CT molecular complexity index is 5270. The molecule has 44 nitrogen and oxygen atoms in total. The summed E-state index contributed by atoms with van der Waals surface area (Å²) < 4.78 is 0. The number of unbranched alkanes of at least 4 members (excludes halogenated alkanes) is 2. The van der Waals surface area contributed by atoms with Gasteiger partial charge >= 0.3 is 5.97 Å². The van der Waals surface area contributed by atoms with Crippen LogP contribution in [0.15, 0.2) is 97.7 Å². The van der Waals surface area contributed by atoms with Gasteiger partial charge in [-0.3, -0.25) is 86.9 Å². The van der Waals surface area contributed by atoms with E-state index in [2.05, 4.69) is 78.4 Å². The fourth-order valence-corrected chi connectivity index (χ4v) is 17.8. The van der Waals surface area contributed by atoms with E-state index >= 15 is 43.2 Å². The number of benzene rings is 3. The molecule has 0 radical (unpaired) electrons. The summed E-state index contributed by atoms with van der Waals surface area (Å²) in [6, 6.07) is -2.22. The number of carbonyl (C=O) groups excluding carboxylic acids is 16. The summed E-state index contributed by atoms with van der Waals surface area (Å²) in [6.45, 7) is 6.00. The maximum absolute atomic E-state index is 15.8. The Kier molecular flexibility index (Phi) is 40.0. The number of aliphatic hydroxyl groups excluding tert-OH is 2. The van der Waals surface area contributed by atoms with E-state index in [9.17, 15) is 58.8 Å². The van der Waals surface area contributed by atoms with Gasteiger partial charge in [0, 0.05) is 131 Å². The van der Waals surface area contributed by atoms with Gasteiger partial charge < -0.3 is 130 Å². The van der Waals surface area contributed by atoms with Crippen LogP contribution in [-0.4, -0.2) is 327 Å². The van der Waals surface area contributed by atoms with Gasteiger partial charge in [-0.1, -0.05) is 102 Å². The van der Waals surface area contributed by atoms with Crippen molar-refractivity contribution in [2.75, 3.05) is 65.4 Å². The smallest absolute Gasteiger partial charge is 0.303 e. The second-order valence-electron chi connectivity index (χ2n) is 35.2. The number of amides is 16. The van der Waals surface area contributed by atoms with Crippen LogP contribution in [-0.2, 0) is 107 Å². The first-order chi connectivity index (χ1) is 65.3. The van der Waals surface area contributed by atoms with Crippen LogP contribution in [0.1, 0.15) is 147 Å². The standard InChI is InChI=1S/C92H129N23O21S/c1-9-11-24-71-84(129)103-62(23-17-33-97-92(94)95)80(125)110-70(79(124)100-44-75(93)119)47-137-48-76(120)102-67(36-52-27-29-56(117)30-28-52)87(132)111(6)51(5)78(123)104-63(31-32-77(121)122)89(134)114-34-18-26-72(114)85(130)106-65(39-55-43-96-49-101-55)82(127)107-66(35-50(3)4)90(135)115-45-57(118)40-74(115)86(131)105-64(37-53-41-98-60-21-15-13-19-58(53)60)81(126)109-69(46-116)83(128)108-68(38-54-42-99-61-22-16-14-20-59(54)61)88(133)113(8)73(25-12-10-2)91(136)112(71)7/h13-16,19-22,27-30,41-43,49-51,57,62-74,98-99,116-118H,9-12,17-18,23-26,31-40,44-48H2,1-8H3,(H2,93,119)(H,96,101)(H,100,124)(H,102,120)(H,103,129)(H,104,123)(H,105,131)(H,106,130)(H,107,127)(H,108,128)(H,109,126)(H,110,125)(H,121,122)(H4,94,95,97)/t51-,57+,62-,63-,64-,65-,66-,67-,68-,69-,70-,71-,72-,73-,74-/m0/s1. The van der Waals surface area contributed by atoms with Crippen LogP contribution >= 0.6 is 11.8 Å². The van der Waals surface area contributed by atoms with Crippen molar-refractivity contribution in [3.63, 3.8) is 0 Å². The molecule has 9 rings (SSSR count). The van der Waals surface area contributed by atoms with Crippen LogP contribution in [0, 0.1) is 11.3 Å². The molecule has 6 heterocycles. The SMILES string of the molecule is CCCC[C@H]1C(=O)N(C)[C@@H](CCCC)C(=O)N[C@@H](CCCNC(=N)N)C(=O)N[C@H](C(=O)NCC(N)=O)CSCC(=O)N[C@@H](Cc2ccc(O)cc2)C(=O)N(C)[C@@H](C)C(=O)N[C@@H](CCC(=O)O)C(=O)N2CCC[C@H]2C(=O)N[C@@H](Cc2cnc[nH]2)C(=O)N[C@@H](CC(C)C)C(=O)N2C[C@H](O)C[C@H]2C(=O)N[C@@H](Cc2c[nH]c3ccccc23)C(=O)N[C@@H](CO)C(=O)N[C@@H](Cc2c[nH]c3ccccc23)C(=O)N1C. The summed E-state index contributed by atoms with van der Waals surface area (Å²) in [5.74, 6) is -18.3. The number of aromatic amines is 3. The van der Waals surface area contributed by atoms with E-state index in [1.54, 1.807) is 74.8 Å². The number of H-pyrrole nitrogens is 3. The third-order valence-electron chi connectivity index (χ3n) is 24.6. The molecule has 137 heavy (non-hydrogen) atoms. The number of primary amides is 1. The van der Waals surface area contributed by atoms with E-state index in [1.807, 2.05) is 13.8 Å². The van der Waals surface area contributed by atoms with Gasteiger partial charge in [0.25, 0.3) is 0 Å². The molecule has 0 saturated carbocycles. The summed E-state index contributed by atoms with van der Waals surface area (Å²) in [5, 5.41) is 81.2. The lowest BCUT2D eigenvalue weighted by Crippen LogP contribution is -2.62. The molecule has 0 aliphatic carbocycles. The molecule has 0 unspecified atom stereocenters. The fraction of sp³-hybridized carbons (Fsp3) is 0.533. The Morgan fingerprint density at radius 2 is 1.10 bits per heavy atom. The zero-order chi connectivity index (χ0) is 100. The first-order valence-electron chi connectivity index (χ1n) is 46.0. The van der Waals surface area contributed by atoms with Gasteiger partial charge in [0.2, 0.25) is 94.5 Å². The van der Waals surface area contributed by atoms with Crippen molar-refractivity contribution >= 4 is 140 Å². The first kappa shape index (κ1) is 107. The van der Waals surface area contributed by atoms with Crippen LogP contribution in [0.3, 0.4) is 0 Å². The van der Waals surface area contributed by atoms with Gasteiger partial charge in [-0.15, -0.1) is 11.8 Å². The number of carboxylic acid groups (broad SMARTS) is 1. The average molecular weight is 1930 g/mol. The van der Waals surface area contributed by atoms with E-state index in [1.165, 1.54) is 64.9 Å². The number of nitrogens with two attached hydrogens (primary N) is 2. The number of carbonyl (C=O) groups is 17. The number of phenols is 1. The Labute approximate surface area is 796 Å². The maximum Gasteiger partial charge on any atom is 0.303 e. The minimum absolute atomic E-state index is 0.0150. The van der Waals surface area contributed by atoms with Crippen LogP contribution in [0.2, 0.25) is 0 Å². The van der Waals surface area contributed by atoms with Crippen molar-refractivity contribution in [3.05, 3.63) is 120 Å². The Balaban J connectivity index is 1.11. The number of thioether (sulfide) groups is 1. The number of nitrogens with zero attached hydrogens (tertiary/aromatic N) is 6. The van der Waals surface area contributed by atoms with E-state index in [4.69, 9.17) is 16.9 Å². The number of nitrogens with one attached hydrogen (secondary N) is 15. The number of aliphatic hydroxyl groups is 2. The van der Waals surface area contributed by atoms with E-state index in [0.717, 1.165) is 36.3 Å². The van der Waals surface area contributed by atoms with Crippen LogP contribution in [0.4, 0.5) is 0 Å². The zero-order valence-corrected chi connectivity index (χ0v) is 78.9. The van der Waals surface area contributed by atoms with Gasteiger partial charge in [0.05, 0.1) is 31.3 Å². The normalized spacial score (nSPS) is 24.6. The highest BCUT2D eigenvalue weighted by Crippen LogP contribution is 2.28. The molecule has 3 aromatic heterocycles. The largest absolute Gasteiger partial charge is 0.508 e. The molecular weight excluding hydrogens is 1800 g/mol. The number of likely N-dealkylation sites (N-methyl/N-ethyl adjacent to an activating group) is 3. The summed E-state index contributed by atoms with van der Waals surface area (Å²) in [7, 11) is 3.90. The molecular formula is C92H129N23O21S. The summed E-state index contributed by atoms with van der Waals surface area (Å²) in [5.41, 5.74) is 14.0. The van der Waals surface area contributed by atoms with Crippen molar-refractivity contribution < 1.29 is 102 Å². The van der Waals surface area contributed by atoms with Gasteiger partial charge in [-0.05, 0) is 105 Å². The average Bonchev–Trinajstić information content (AvgIpc) is 1.76. The van der Waals surface area contributed by atoms with E-state index in [-0.39, 0.29) is 95.4 Å². The van der Waals surface area contributed by atoms with Gasteiger partial charge in [-0.2, -0.15) is 0 Å². The predicted molar refractivity (Wildman–Crippen MR) is 503 cm³/mol. The molecule has 16 amide bonds. The highest BCUT2D eigenvalue weighted by atomic mass is 32.2. The number of imidazole rings is 1. The molecule has 6 aromatic rings. The number of phenolic OH excluding ortho intramolecular Hbond substituents is 1. The minimum Gasteiger partial charge on any atom is -0.508 e. The number of fused-ring (bicyclic) bond motifs is 4. The topological polar surface area (TPSA) is 656 Å². The quantitative estimate of drug-likeness (QED) is 0.0152. The first-order valence-corrected chi connectivity index (χ1v) is 47.2. The Morgan fingerprint density at radius 1 is 0.562 bits per heavy atom. The molecule has 3 aliphatic rings. The Morgan fingerprint density at radius 3 is 1.70 bits per heavy atom. The fourth-order valence-electron chi connectivity index (χ4n) is 16.9. The van der Waals surface area contributed by atoms with Crippen molar-refractivity contribution in [1.29, 1.82) is 5.41 Å². The number of aliphatic carboxylic acids is 1. The highest BCUT2D eigenvalue weighted by Gasteiger charge is 2.47. The molecule has 23 N–H and O–H groups in total. The molecule has 3 aliphatic heterocycles. The lowest BCUT2D eigenvalue weighted by atomic mass is 10.00. The molecule has 3 fully saturated rings. The number of aromatic hydroxyl groups is 1. The molecule has 15 atom stereocenters. The number of carboxylic acids is 1. The van der Waals surface area contributed by atoms with Crippen LogP contribution in [0.5, 0.6) is 5.75 Å². The number of hydrogen-bond acceptors (Lipinski definition) is 23. The predicted octanol–water partition coefficient (Wildman–Crippen LogP) is -1.94. The highest BCUT2D eigenvalue weighted by molar-refractivity contribution is 8.00.